The molecule has 0 unspecified atom stereocenters. The van der Waals surface area contributed by atoms with E-state index >= 15 is 0 Å². The number of likely N-dealkylation sites (N-methyl/N-ethyl adjacent to an activating group) is 1. The van der Waals surface area contributed by atoms with E-state index in [9.17, 15) is 4.79 Å². The summed E-state index contributed by atoms with van der Waals surface area (Å²) in [6.45, 7) is 3.00. The van der Waals surface area contributed by atoms with Gasteiger partial charge in [-0.25, -0.2) is 0 Å². The van der Waals surface area contributed by atoms with Crippen LogP contribution >= 0.6 is 27.3 Å². The third-order valence-electron chi connectivity index (χ3n) is 2.74. The summed E-state index contributed by atoms with van der Waals surface area (Å²) in [5.74, 6) is 0.686. The van der Waals surface area contributed by atoms with Crippen molar-refractivity contribution in [3.05, 3.63) is 32.6 Å². The summed E-state index contributed by atoms with van der Waals surface area (Å²) in [6.07, 6.45) is 0. The Morgan fingerprint density at radius 2 is 2.30 bits per heavy atom. The van der Waals surface area contributed by atoms with Crippen LogP contribution < -0.4 is 5.32 Å². The van der Waals surface area contributed by atoms with Gasteiger partial charge in [0.1, 0.15) is 5.82 Å². The van der Waals surface area contributed by atoms with E-state index in [1.54, 1.807) is 16.0 Å². The average molecular weight is 357 g/mol. The first kappa shape index (κ1) is 15.2. The quantitative estimate of drug-likeness (QED) is 0.895. The number of aryl methyl sites for hydroxylation is 2. The highest BCUT2D eigenvalue weighted by atomic mass is 79.9. The Morgan fingerprint density at radius 1 is 1.55 bits per heavy atom. The maximum atomic E-state index is 12.0. The molecule has 0 fully saturated rings. The second-order valence-corrected chi connectivity index (χ2v) is 7.27. The highest BCUT2D eigenvalue weighted by Crippen LogP contribution is 2.22. The van der Waals surface area contributed by atoms with Gasteiger partial charge in [-0.15, -0.1) is 11.3 Å². The van der Waals surface area contributed by atoms with E-state index < -0.39 is 0 Å². The number of carbonyl (C=O) groups excluding carboxylic acids is 1. The normalized spacial score (nSPS) is 11.1. The molecule has 1 amide bonds. The van der Waals surface area contributed by atoms with Gasteiger partial charge >= 0.3 is 0 Å². The van der Waals surface area contributed by atoms with Gasteiger partial charge in [0.2, 0.25) is 5.91 Å². The van der Waals surface area contributed by atoms with Crippen LogP contribution in [0.3, 0.4) is 0 Å². The molecule has 7 heteroatoms. The number of nitrogens with zero attached hydrogens (tertiary/aromatic N) is 3. The van der Waals surface area contributed by atoms with Crippen LogP contribution in [0.25, 0.3) is 0 Å². The van der Waals surface area contributed by atoms with Crippen LogP contribution in [0.1, 0.15) is 10.6 Å². The van der Waals surface area contributed by atoms with Gasteiger partial charge in [-0.2, -0.15) is 5.10 Å². The summed E-state index contributed by atoms with van der Waals surface area (Å²) in [6, 6.07) is 5.94. The van der Waals surface area contributed by atoms with Gasteiger partial charge in [0, 0.05) is 24.5 Å². The van der Waals surface area contributed by atoms with Crippen molar-refractivity contribution in [2.24, 2.45) is 7.05 Å². The van der Waals surface area contributed by atoms with Crippen molar-refractivity contribution < 1.29 is 4.79 Å². The van der Waals surface area contributed by atoms with Crippen LogP contribution in [0, 0.1) is 6.92 Å². The standard InChI is InChI=1S/C13H17BrN4OS/c1-9-6-12(18(3)16-9)15-13(19)8-17(2)7-10-4-5-11(14)20-10/h4-6H,7-8H2,1-3H3,(H,15,19). The van der Waals surface area contributed by atoms with Crippen LogP contribution in [-0.2, 0) is 18.4 Å². The minimum absolute atomic E-state index is 0.0360. The molecule has 20 heavy (non-hydrogen) atoms. The zero-order chi connectivity index (χ0) is 14.7. The van der Waals surface area contributed by atoms with Crippen LogP contribution in [0.4, 0.5) is 5.82 Å². The lowest BCUT2D eigenvalue weighted by atomic mass is 10.4. The highest BCUT2D eigenvalue weighted by molar-refractivity contribution is 9.11. The lowest BCUT2D eigenvalue weighted by molar-refractivity contribution is -0.117. The summed E-state index contributed by atoms with van der Waals surface area (Å²) in [5, 5.41) is 7.07. The number of hydrogen-bond donors (Lipinski definition) is 1. The molecule has 0 atom stereocenters. The van der Waals surface area contributed by atoms with Gasteiger partial charge in [0.25, 0.3) is 0 Å². The molecule has 0 bridgehead atoms. The Hall–Kier alpha value is -1.18. The van der Waals surface area contributed by atoms with Crippen molar-refractivity contribution in [1.29, 1.82) is 0 Å². The van der Waals surface area contributed by atoms with Crippen molar-refractivity contribution in [2.75, 3.05) is 18.9 Å². The highest BCUT2D eigenvalue weighted by Gasteiger charge is 2.11. The van der Waals surface area contributed by atoms with Gasteiger partial charge in [0.15, 0.2) is 0 Å². The number of rotatable bonds is 5. The molecule has 0 saturated carbocycles. The fourth-order valence-electron chi connectivity index (χ4n) is 1.91. The smallest absolute Gasteiger partial charge is 0.239 e. The summed E-state index contributed by atoms with van der Waals surface area (Å²) in [4.78, 5) is 15.2. The summed E-state index contributed by atoms with van der Waals surface area (Å²) in [5.41, 5.74) is 0.889. The number of amides is 1. The van der Waals surface area contributed by atoms with Crippen LogP contribution in [0.15, 0.2) is 22.0 Å². The third kappa shape index (κ3) is 4.16. The molecule has 5 nitrogen and oxygen atoms in total. The van der Waals surface area contributed by atoms with E-state index in [1.165, 1.54) is 4.88 Å². The first-order chi connectivity index (χ1) is 9.44. The van der Waals surface area contributed by atoms with E-state index in [2.05, 4.69) is 32.4 Å². The molecule has 2 rings (SSSR count). The molecule has 0 radical (unpaired) electrons. The first-order valence-electron chi connectivity index (χ1n) is 6.17. The van der Waals surface area contributed by atoms with Gasteiger partial charge in [-0.3, -0.25) is 14.4 Å². The van der Waals surface area contributed by atoms with Crippen molar-refractivity contribution in [2.45, 2.75) is 13.5 Å². The number of aromatic nitrogens is 2. The Morgan fingerprint density at radius 3 is 2.85 bits per heavy atom. The monoisotopic (exact) mass is 356 g/mol. The molecular formula is C13H17BrN4OS. The summed E-state index contributed by atoms with van der Waals surface area (Å²) in [7, 11) is 3.75. The zero-order valence-corrected chi connectivity index (χ0v) is 14.1. The minimum atomic E-state index is -0.0360. The number of hydrogen-bond acceptors (Lipinski definition) is 4. The Labute approximate surface area is 130 Å². The zero-order valence-electron chi connectivity index (χ0n) is 11.7. The van der Waals surface area contributed by atoms with Crippen LogP contribution in [0.2, 0.25) is 0 Å². The van der Waals surface area contributed by atoms with E-state index in [1.807, 2.05) is 38.1 Å². The Bertz CT molecular complexity index is 607. The molecule has 0 saturated heterocycles. The fraction of sp³-hybridized carbons (Fsp3) is 0.385. The third-order valence-corrected chi connectivity index (χ3v) is 4.35. The molecular weight excluding hydrogens is 340 g/mol. The Balaban J connectivity index is 1.86. The van der Waals surface area contributed by atoms with Crippen molar-refractivity contribution in [3.63, 3.8) is 0 Å². The summed E-state index contributed by atoms with van der Waals surface area (Å²) < 4.78 is 2.78. The number of anilines is 1. The molecule has 2 aromatic rings. The maximum absolute atomic E-state index is 12.0. The van der Waals surface area contributed by atoms with Gasteiger partial charge in [-0.05, 0) is 42.0 Å². The lowest BCUT2D eigenvalue weighted by Crippen LogP contribution is -2.30. The van der Waals surface area contributed by atoms with Gasteiger partial charge in [-0.1, -0.05) is 0 Å². The van der Waals surface area contributed by atoms with E-state index in [4.69, 9.17) is 0 Å². The SMILES string of the molecule is Cc1cc(NC(=O)CN(C)Cc2ccc(Br)s2)n(C)n1. The van der Waals surface area contributed by atoms with Gasteiger partial charge < -0.3 is 5.32 Å². The molecule has 0 aromatic carbocycles. The largest absolute Gasteiger partial charge is 0.310 e. The number of halogens is 1. The maximum Gasteiger partial charge on any atom is 0.239 e. The first-order valence-corrected chi connectivity index (χ1v) is 7.78. The molecule has 1 N–H and O–H groups in total. The predicted molar refractivity (Wildman–Crippen MR) is 84.9 cm³/mol. The van der Waals surface area contributed by atoms with Crippen molar-refractivity contribution in [1.82, 2.24) is 14.7 Å². The van der Waals surface area contributed by atoms with Gasteiger partial charge in [0.05, 0.1) is 16.0 Å². The fourth-order valence-corrected chi connectivity index (χ4v) is 3.48. The average Bonchev–Trinajstić information content (AvgIpc) is 2.85. The molecule has 0 aliphatic rings. The lowest BCUT2D eigenvalue weighted by Gasteiger charge is -2.15. The topological polar surface area (TPSA) is 50.2 Å². The molecule has 0 aliphatic heterocycles. The molecule has 0 aliphatic carbocycles. The molecule has 108 valence electrons. The van der Waals surface area contributed by atoms with Crippen molar-refractivity contribution >= 4 is 39.0 Å². The van der Waals surface area contributed by atoms with Crippen LogP contribution in [-0.4, -0.2) is 34.2 Å². The van der Waals surface area contributed by atoms with Crippen molar-refractivity contribution in [3.8, 4) is 0 Å². The second-order valence-electron chi connectivity index (χ2n) is 4.72. The van der Waals surface area contributed by atoms with E-state index in [0.29, 0.717) is 6.54 Å². The molecule has 0 spiro atoms. The van der Waals surface area contributed by atoms with E-state index in [-0.39, 0.29) is 5.91 Å². The van der Waals surface area contributed by atoms with E-state index in [0.717, 1.165) is 21.8 Å². The number of carbonyl (C=O) groups is 1. The van der Waals surface area contributed by atoms with Crippen LogP contribution in [0.5, 0.6) is 0 Å². The predicted octanol–water partition coefficient (Wildman–Crippen LogP) is 2.62. The molecule has 2 heterocycles. The molecule has 2 aromatic heterocycles. The Kier molecular flexibility index (Phi) is 4.95. The number of thiophene rings is 1. The number of nitrogens with one attached hydrogen (secondary N) is 1. The second kappa shape index (κ2) is 6.51. The summed E-state index contributed by atoms with van der Waals surface area (Å²) >= 11 is 5.12. The minimum Gasteiger partial charge on any atom is -0.310 e.